The number of carbonyl (C=O) groups is 2. The van der Waals surface area contributed by atoms with E-state index in [9.17, 15) is 18.0 Å². The van der Waals surface area contributed by atoms with Crippen LogP contribution in [-0.4, -0.2) is 64.4 Å². The minimum atomic E-state index is -5.08. The van der Waals surface area contributed by atoms with Crippen LogP contribution >= 0.6 is 11.3 Å². The van der Waals surface area contributed by atoms with Crippen molar-refractivity contribution in [1.82, 2.24) is 9.88 Å². The van der Waals surface area contributed by atoms with Crippen molar-refractivity contribution in [1.29, 1.82) is 0 Å². The molecule has 1 saturated carbocycles. The van der Waals surface area contributed by atoms with E-state index < -0.39 is 12.1 Å². The van der Waals surface area contributed by atoms with E-state index in [0.29, 0.717) is 19.6 Å². The first-order chi connectivity index (χ1) is 14.8. The molecule has 0 aromatic carbocycles. The minimum Gasteiger partial charge on any atom is -0.486 e. The Morgan fingerprint density at radius 1 is 1.32 bits per heavy atom. The second-order valence-corrected chi connectivity index (χ2v) is 7.80. The summed E-state index contributed by atoms with van der Waals surface area (Å²) in [6.07, 6.45) is 0.585. The third-order valence-corrected chi connectivity index (χ3v) is 5.69. The zero-order valence-corrected chi connectivity index (χ0v) is 17.1. The molecule has 2 aliphatic rings. The van der Waals surface area contributed by atoms with Crippen LogP contribution in [0.25, 0.3) is 0 Å². The number of alkyl halides is 3. The predicted octanol–water partition coefficient (Wildman–Crippen LogP) is 3.16. The van der Waals surface area contributed by atoms with Gasteiger partial charge in [-0.2, -0.15) is 24.5 Å². The number of halogens is 3. The van der Waals surface area contributed by atoms with Gasteiger partial charge in [-0.25, -0.2) is 4.79 Å². The van der Waals surface area contributed by atoms with Gasteiger partial charge < -0.3 is 19.5 Å². The number of hydrogen-bond donors (Lipinski definition) is 1. The van der Waals surface area contributed by atoms with Crippen LogP contribution in [0.4, 0.5) is 13.2 Å². The quantitative estimate of drug-likeness (QED) is 0.757. The standard InChI is InChI=1S/C18H20N2O3S.C2HF3O2/c21-17(10-13-5-9-24-12-13)20-7-8-22-18-15(20)3-4-16(18)23-14-2-1-6-19-11-14;3-2(4,5)1(6)7/h1-2,5-6,9,11-12,15-16,18H,3-4,7-8,10H2;(H,6,7)/t15-,16-,18+;/m0./s1. The molecule has 1 saturated heterocycles. The lowest BCUT2D eigenvalue weighted by Gasteiger charge is -2.39. The molecule has 7 nitrogen and oxygen atoms in total. The molecule has 4 rings (SSSR count). The number of fused-ring (bicyclic) bond motifs is 1. The van der Waals surface area contributed by atoms with Crippen molar-refractivity contribution in [2.45, 2.75) is 43.7 Å². The number of ether oxygens (including phenoxy) is 2. The number of pyridine rings is 1. The number of amides is 1. The summed E-state index contributed by atoms with van der Waals surface area (Å²) in [6.45, 7) is 1.24. The van der Waals surface area contributed by atoms with Gasteiger partial charge in [0.25, 0.3) is 0 Å². The van der Waals surface area contributed by atoms with Crippen molar-refractivity contribution in [2.24, 2.45) is 0 Å². The first-order valence-corrected chi connectivity index (χ1v) is 10.5. The highest BCUT2D eigenvalue weighted by Gasteiger charge is 2.45. The van der Waals surface area contributed by atoms with E-state index in [4.69, 9.17) is 19.4 Å². The summed E-state index contributed by atoms with van der Waals surface area (Å²) in [5, 5.41) is 11.2. The maximum atomic E-state index is 12.7. The number of carboxylic acids is 1. The van der Waals surface area contributed by atoms with Gasteiger partial charge in [0.05, 0.1) is 25.3 Å². The Labute approximate surface area is 180 Å². The van der Waals surface area contributed by atoms with Crippen LogP contribution in [-0.2, 0) is 20.7 Å². The van der Waals surface area contributed by atoms with Crippen molar-refractivity contribution in [3.05, 3.63) is 46.9 Å². The molecule has 0 radical (unpaired) electrons. The average molecular weight is 458 g/mol. The molecule has 2 aromatic heterocycles. The molecule has 0 spiro atoms. The Balaban J connectivity index is 0.000000339. The Morgan fingerprint density at radius 2 is 2.10 bits per heavy atom. The Morgan fingerprint density at radius 3 is 2.71 bits per heavy atom. The summed E-state index contributed by atoms with van der Waals surface area (Å²) in [6, 6.07) is 5.90. The topological polar surface area (TPSA) is 89.0 Å². The van der Waals surface area contributed by atoms with Gasteiger partial charge in [0, 0.05) is 12.7 Å². The van der Waals surface area contributed by atoms with Crippen LogP contribution in [0.2, 0.25) is 0 Å². The fraction of sp³-hybridized carbons (Fsp3) is 0.450. The van der Waals surface area contributed by atoms with Gasteiger partial charge in [0.1, 0.15) is 18.0 Å². The van der Waals surface area contributed by atoms with Gasteiger partial charge in [0.2, 0.25) is 5.91 Å². The minimum absolute atomic E-state index is 0.0176. The van der Waals surface area contributed by atoms with Crippen LogP contribution in [0.3, 0.4) is 0 Å². The summed E-state index contributed by atoms with van der Waals surface area (Å²) in [5.41, 5.74) is 1.09. The van der Waals surface area contributed by atoms with Crippen LogP contribution in [0.1, 0.15) is 18.4 Å². The third kappa shape index (κ3) is 6.17. The molecule has 11 heteroatoms. The van der Waals surface area contributed by atoms with Crippen molar-refractivity contribution in [3.8, 4) is 5.75 Å². The number of hydrogen-bond acceptors (Lipinski definition) is 6. The maximum absolute atomic E-state index is 12.7. The Kier molecular flexibility index (Phi) is 7.50. The number of aromatic nitrogens is 1. The maximum Gasteiger partial charge on any atom is 0.490 e. The summed E-state index contributed by atoms with van der Waals surface area (Å²) in [5.74, 6) is -1.81. The molecule has 3 heterocycles. The SMILES string of the molecule is O=C(Cc1ccsc1)N1CCO[C@H]2[C@@H](Oc3cccnc3)CC[C@@H]21.O=C(O)C(F)(F)F. The molecule has 0 bridgehead atoms. The molecule has 168 valence electrons. The van der Waals surface area contributed by atoms with Gasteiger partial charge >= 0.3 is 12.1 Å². The van der Waals surface area contributed by atoms with Crippen LogP contribution in [0.5, 0.6) is 5.75 Å². The van der Waals surface area contributed by atoms with Gasteiger partial charge in [-0.05, 0) is 47.4 Å². The molecule has 1 N–H and O–H groups in total. The van der Waals surface area contributed by atoms with E-state index in [1.807, 2.05) is 33.9 Å². The number of rotatable bonds is 4. The first-order valence-electron chi connectivity index (χ1n) is 9.54. The number of aliphatic carboxylic acids is 1. The summed E-state index contributed by atoms with van der Waals surface area (Å²) < 4.78 is 43.8. The molecule has 31 heavy (non-hydrogen) atoms. The fourth-order valence-electron chi connectivity index (χ4n) is 3.61. The van der Waals surface area contributed by atoms with Crippen molar-refractivity contribution in [3.63, 3.8) is 0 Å². The smallest absolute Gasteiger partial charge is 0.486 e. The molecule has 1 amide bonds. The van der Waals surface area contributed by atoms with Crippen LogP contribution in [0.15, 0.2) is 41.4 Å². The molecule has 1 aliphatic heterocycles. The molecule has 1 aliphatic carbocycles. The van der Waals surface area contributed by atoms with E-state index in [1.165, 1.54) is 0 Å². The number of morpholine rings is 1. The summed E-state index contributed by atoms with van der Waals surface area (Å²) >= 11 is 1.63. The van der Waals surface area contributed by atoms with Crippen LogP contribution < -0.4 is 4.74 Å². The first kappa shape index (κ1) is 23.0. The van der Waals surface area contributed by atoms with Crippen molar-refractivity contribution in [2.75, 3.05) is 13.2 Å². The van der Waals surface area contributed by atoms with E-state index in [0.717, 1.165) is 24.2 Å². The Hall–Kier alpha value is -2.66. The largest absolute Gasteiger partial charge is 0.490 e. The van der Waals surface area contributed by atoms with Gasteiger partial charge in [-0.1, -0.05) is 0 Å². The zero-order valence-electron chi connectivity index (χ0n) is 16.3. The lowest BCUT2D eigenvalue weighted by atomic mass is 10.1. The highest BCUT2D eigenvalue weighted by Crippen LogP contribution is 2.33. The van der Waals surface area contributed by atoms with Crippen molar-refractivity contribution < 1.29 is 37.3 Å². The second-order valence-electron chi connectivity index (χ2n) is 7.02. The number of carbonyl (C=O) groups excluding carboxylic acids is 1. The van der Waals surface area contributed by atoms with E-state index in [1.54, 1.807) is 23.7 Å². The van der Waals surface area contributed by atoms with Gasteiger partial charge in [-0.3, -0.25) is 9.78 Å². The van der Waals surface area contributed by atoms with E-state index in [2.05, 4.69) is 4.98 Å². The lowest BCUT2D eigenvalue weighted by molar-refractivity contribution is -0.192. The highest BCUT2D eigenvalue weighted by atomic mass is 32.1. The number of nitrogens with zero attached hydrogens (tertiary/aromatic N) is 2. The highest BCUT2D eigenvalue weighted by molar-refractivity contribution is 7.08. The van der Waals surface area contributed by atoms with Crippen LogP contribution in [0, 0.1) is 0 Å². The molecule has 2 fully saturated rings. The zero-order chi connectivity index (χ0) is 22.4. The molecule has 3 atom stereocenters. The number of carboxylic acid groups (broad SMARTS) is 1. The molecular formula is C20H21F3N2O5S. The predicted molar refractivity (Wildman–Crippen MR) is 105 cm³/mol. The Bertz CT molecular complexity index is 863. The number of thiophene rings is 1. The lowest BCUT2D eigenvalue weighted by Crippen LogP contribution is -2.54. The third-order valence-electron chi connectivity index (χ3n) is 4.96. The molecular weight excluding hydrogens is 437 g/mol. The molecule has 0 unspecified atom stereocenters. The monoisotopic (exact) mass is 458 g/mol. The fourth-order valence-corrected chi connectivity index (χ4v) is 4.28. The van der Waals surface area contributed by atoms with E-state index >= 15 is 0 Å². The van der Waals surface area contributed by atoms with Gasteiger partial charge in [-0.15, -0.1) is 0 Å². The van der Waals surface area contributed by atoms with E-state index in [-0.39, 0.29) is 24.2 Å². The normalized spacial score (nSPS) is 22.8. The summed E-state index contributed by atoms with van der Waals surface area (Å²) in [4.78, 5) is 27.7. The van der Waals surface area contributed by atoms with Crippen molar-refractivity contribution >= 4 is 23.2 Å². The van der Waals surface area contributed by atoms with Gasteiger partial charge in [0.15, 0.2) is 0 Å². The average Bonchev–Trinajstić information content (AvgIpc) is 3.38. The molecule has 2 aromatic rings. The second kappa shape index (κ2) is 10.1. The summed E-state index contributed by atoms with van der Waals surface area (Å²) in [7, 11) is 0.